The zero-order valence-corrected chi connectivity index (χ0v) is 11.1. The van der Waals surface area contributed by atoms with Crippen molar-refractivity contribution in [3.05, 3.63) is 60.7 Å². The van der Waals surface area contributed by atoms with Gasteiger partial charge in [-0.2, -0.15) is 0 Å². The van der Waals surface area contributed by atoms with Gasteiger partial charge >= 0.3 is 0 Å². The van der Waals surface area contributed by atoms with E-state index < -0.39 is 0 Å². The second kappa shape index (κ2) is 4.78. The summed E-state index contributed by atoms with van der Waals surface area (Å²) in [4.78, 5) is 1.85. The Kier molecular flexibility index (Phi) is 2.95. The Labute approximate surface area is 117 Å². The molecule has 3 aromatic carbocycles. The molecule has 3 rings (SSSR count). The summed E-state index contributed by atoms with van der Waals surface area (Å²) >= 11 is 0. The van der Waals surface area contributed by atoms with Gasteiger partial charge in [-0.05, 0) is 12.1 Å². The molecule has 0 saturated heterocycles. The van der Waals surface area contributed by atoms with Gasteiger partial charge in [0.15, 0.2) is 0 Å². The highest BCUT2D eigenvalue weighted by Gasteiger charge is 2.14. The fourth-order valence-corrected chi connectivity index (χ4v) is 2.37. The maximum atomic E-state index is 10.5. The van der Waals surface area contributed by atoms with Gasteiger partial charge < -0.3 is 15.1 Å². The minimum Gasteiger partial charge on any atom is -0.507 e. The topological polar surface area (TPSA) is 43.7 Å². The number of aromatic hydroxyl groups is 2. The number of hydrogen-bond donors (Lipinski definition) is 2. The van der Waals surface area contributed by atoms with E-state index in [0.29, 0.717) is 16.5 Å². The second-order valence-electron chi connectivity index (χ2n) is 4.70. The van der Waals surface area contributed by atoms with E-state index in [9.17, 15) is 10.2 Å². The largest absolute Gasteiger partial charge is 0.507 e. The average molecular weight is 265 g/mol. The molecule has 3 heteroatoms. The predicted molar refractivity (Wildman–Crippen MR) is 81.8 cm³/mol. The van der Waals surface area contributed by atoms with E-state index in [-0.39, 0.29) is 11.5 Å². The molecule has 2 N–H and O–H groups in total. The van der Waals surface area contributed by atoms with E-state index in [2.05, 4.69) is 0 Å². The average Bonchev–Trinajstić information content (AvgIpc) is 2.51. The van der Waals surface area contributed by atoms with Crippen LogP contribution in [-0.4, -0.2) is 17.3 Å². The highest BCUT2D eigenvalue weighted by molar-refractivity contribution is 5.98. The fraction of sp³-hybridized carbons (Fsp3) is 0.0588. The van der Waals surface area contributed by atoms with Crippen LogP contribution in [0.15, 0.2) is 60.7 Å². The first-order chi connectivity index (χ1) is 9.68. The van der Waals surface area contributed by atoms with Crippen LogP contribution in [0.1, 0.15) is 0 Å². The van der Waals surface area contributed by atoms with Crippen molar-refractivity contribution in [3.8, 4) is 11.5 Å². The van der Waals surface area contributed by atoms with Crippen LogP contribution in [0.5, 0.6) is 11.5 Å². The summed E-state index contributed by atoms with van der Waals surface area (Å²) < 4.78 is 0. The highest BCUT2D eigenvalue weighted by Crippen LogP contribution is 2.41. The maximum Gasteiger partial charge on any atom is 0.147 e. The lowest BCUT2D eigenvalue weighted by Crippen LogP contribution is -2.09. The Hall–Kier alpha value is -2.68. The van der Waals surface area contributed by atoms with E-state index in [1.807, 2.05) is 54.4 Å². The normalized spacial score (nSPS) is 10.7. The van der Waals surface area contributed by atoms with Gasteiger partial charge in [0.1, 0.15) is 11.5 Å². The molecule has 0 spiro atoms. The Morgan fingerprint density at radius 3 is 2.10 bits per heavy atom. The first-order valence-electron chi connectivity index (χ1n) is 6.41. The number of benzene rings is 3. The van der Waals surface area contributed by atoms with Crippen molar-refractivity contribution in [3.63, 3.8) is 0 Å². The van der Waals surface area contributed by atoms with Gasteiger partial charge in [0.05, 0.1) is 5.69 Å². The highest BCUT2D eigenvalue weighted by atomic mass is 16.3. The summed E-state index contributed by atoms with van der Waals surface area (Å²) in [5, 5.41) is 21.9. The third kappa shape index (κ3) is 1.93. The Morgan fingerprint density at radius 2 is 1.40 bits per heavy atom. The molecular formula is C17H15NO2. The molecule has 0 heterocycles. The van der Waals surface area contributed by atoms with Gasteiger partial charge in [0.2, 0.25) is 0 Å². The standard InChI is InChI=1S/C17H15NO2/c1-18(12-7-3-2-4-8-12)15-11-16(19)13-9-5-6-10-14(13)17(15)20/h2-11,19-20H,1H3. The minimum atomic E-state index is 0.163. The zero-order valence-electron chi connectivity index (χ0n) is 11.1. The van der Waals surface area contributed by atoms with Crippen molar-refractivity contribution < 1.29 is 10.2 Å². The van der Waals surface area contributed by atoms with Gasteiger partial charge in [0.25, 0.3) is 0 Å². The van der Waals surface area contributed by atoms with E-state index in [0.717, 1.165) is 5.69 Å². The lowest BCUT2D eigenvalue weighted by Gasteiger charge is -2.22. The molecule has 3 aromatic rings. The number of para-hydroxylation sites is 1. The lowest BCUT2D eigenvalue weighted by atomic mass is 10.1. The quantitative estimate of drug-likeness (QED) is 0.688. The van der Waals surface area contributed by atoms with Crippen LogP contribution in [0.4, 0.5) is 11.4 Å². The summed E-state index contributed by atoms with van der Waals surface area (Å²) in [6.07, 6.45) is 0. The van der Waals surface area contributed by atoms with E-state index in [4.69, 9.17) is 0 Å². The van der Waals surface area contributed by atoms with Gasteiger partial charge in [-0.25, -0.2) is 0 Å². The third-order valence-electron chi connectivity index (χ3n) is 3.48. The molecule has 0 aliphatic rings. The summed E-state index contributed by atoms with van der Waals surface area (Å²) in [5.74, 6) is 0.334. The van der Waals surface area contributed by atoms with Crippen molar-refractivity contribution in [2.45, 2.75) is 0 Å². The molecule has 0 fully saturated rings. The van der Waals surface area contributed by atoms with Crippen LogP contribution in [-0.2, 0) is 0 Å². The maximum absolute atomic E-state index is 10.5. The van der Waals surface area contributed by atoms with E-state index >= 15 is 0 Å². The fourth-order valence-electron chi connectivity index (χ4n) is 2.37. The van der Waals surface area contributed by atoms with Crippen LogP contribution >= 0.6 is 0 Å². The second-order valence-corrected chi connectivity index (χ2v) is 4.70. The smallest absolute Gasteiger partial charge is 0.147 e. The van der Waals surface area contributed by atoms with Crippen LogP contribution < -0.4 is 4.90 Å². The molecule has 0 radical (unpaired) electrons. The van der Waals surface area contributed by atoms with Crippen LogP contribution in [0.3, 0.4) is 0 Å². The number of anilines is 2. The number of hydrogen-bond acceptors (Lipinski definition) is 3. The summed E-state index contributed by atoms with van der Waals surface area (Å²) in [6, 6.07) is 18.6. The Balaban J connectivity index is 2.20. The first-order valence-corrected chi connectivity index (χ1v) is 6.41. The number of nitrogens with zero attached hydrogens (tertiary/aromatic N) is 1. The number of phenols is 2. The molecule has 0 amide bonds. The van der Waals surface area contributed by atoms with E-state index in [1.54, 1.807) is 18.2 Å². The molecule has 3 nitrogen and oxygen atoms in total. The molecule has 0 unspecified atom stereocenters. The SMILES string of the molecule is CN(c1ccccc1)c1cc(O)c2ccccc2c1O. The Morgan fingerprint density at radius 1 is 0.800 bits per heavy atom. The minimum absolute atomic E-state index is 0.163. The first kappa shape index (κ1) is 12.4. The molecule has 0 aromatic heterocycles. The third-order valence-corrected chi connectivity index (χ3v) is 3.48. The molecule has 0 saturated carbocycles. The van der Waals surface area contributed by atoms with Crippen LogP contribution in [0.25, 0.3) is 10.8 Å². The van der Waals surface area contributed by atoms with Crippen molar-refractivity contribution in [1.82, 2.24) is 0 Å². The Bertz CT molecular complexity index is 754. The van der Waals surface area contributed by atoms with Crippen molar-refractivity contribution in [1.29, 1.82) is 0 Å². The van der Waals surface area contributed by atoms with E-state index in [1.165, 1.54) is 0 Å². The van der Waals surface area contributed by atoms with Crippen LogP contribution in [0, 0.1) is 0 Å². The van der Waals surface area contributed by atoms with Gasteiger partial charge in [-0.3, -0.25) is 0 Å². The summed E-state index contributed by atoms with van der Waals surface area (Å²) in [5.41, 5.74) is 1.52. The van der Waals surface area contributed by atoms with Crippen molar-refractivity contribution >= 4 is 22.1 Å². The van der Waals surface area contributed by atoms with Crippen LogP contribution in [0.2, 0.25) is 0 Å². The monoisotopic (exact) mass is 265 g/mol. The molecule has 0 atom stereocenters. The molecule has 0 bridgehead atoms. The van der Waals surface area contributed by atoms with Gasteiger partial charge in [-0.1, -0.05) is 42.5 Å². The summed E-state index contributed by atoms with van der Waals surface area (Å²) in [7, 11) is 1.86. The van der Waals surface area contributed by atoms with Crippen molar-refractivity contribution in [2.24, 2.45) is 0 Å². The predicted octanol–water partition coefficient (Wildman–Crippen LogP) is 4.02. The van der Waals surface area contributed by atoms with Gasteiger partial charge in [0, 0.05) is 29.6 Å². The number of rotatable bonds is 2. The molecule has 0 aliphatic carbocycles. The van der Waals surface area contributed by atoms with Gasteiger partial charge in [-0.15, -0.1) is 0 Å². The number of fused-ring (bicyclic) bond motifs is 1. The zero-order chi connectivity index (χ0) is 14.1. The molecular weight excluding hydrogens is 250 g/mol. The molecule has 20 heavy (non-hydrogen) atoms. The number of phenolic OH excluding ortho intramolecular Hbond substituents is 2. The summed E-state index contributed by atoms with van der Waals surface area (Å²) in [6.45, 7) is 0. The van der Waals surface area contributed by atoms with Crippen molar-refractivity contribution in [2.75, 3.05) is 11.9 Å². The molecule has 100 valence electrons. The lowest BCUT2D eigenvalue weighted by molar-refractivity contribution is 0.470. The molecule has 0 aliphatic heterocycles.